The van der Waals surface area contributed by atoms with Crippen LogP contribution in [0, 0.1) is 0 Å². The number of benzene rings is 2. The third-order valence-corrected chi connectivity index (χ3v) is 3.98. The number of hydrogen-bond acceptors (Lipinski definition) is 2. The number of carbonyl (C=O) groups is 1. The molecule has 3 nitrogen and oxygen atoms in total. The SMILES string of the molecule is O=C(NCC1Cc2ccccc21)c1ccc(O)c(Cl)c1. The Morgan fingerprint density at radius 2 is 2.10 bits per heavy atom. The Morgan fingerprint density at radius 3 is 2.85 bits per heavy atom. The van der Waals surface area contributed by atoms with Crippen LogP contribution in [-0.2, 0) is 6.42 Å². The Morgan fingerprint density at radius 1 is 1.30 bits per heavy atom. The Labute approximate surface area is 122 Å². The van der Waals surface area contributed by atoms with Crippen molar-refractivity contribution in [2.45, 2.75) is 12.3 Å². The van der Waals surface area contributed by atoms with E-state index in [1.165, 1.54) is 23.3 Å². The van der Waals surface area contributed by atoms with Crippen molar-refractivity contribution in [2.75, 3.05) is 6.54 Å². The second kappa shape index (κ2) is 5.17. The van der Waals surface area contributed by atoms with E-state index < -0.39 is 0 Å². The second-order valence-corrected chi connectivity index (χ2v) is 5.38. The molecule has 1 atom stereocenters. The normalized spacial score (nSPS) is 16.1. The van der Waals surface area contributed by atoms with Crippen molar-refractivity contribution in [1.82, 2.24) is 5.32 Å². The summed E-state index contributed by atoms with van der Waals surface area (Å²) in [6.07, 6.45) is 1.01. The minimum atomic E-state index is -0.170. The van der Waals surface area contributed by atoms with Crippen molar-refractivity contribution in [2.24, 2.45) is 0 Å². The number of fused-ring (bicyclic) bond motifs is 1. The molecule has 1 aliphatic carbocycles. The highest BCUT2D eigenvalue weighted by molar-refractivity contribution is 6.32. The Balaban J connectivity index is 1.62. The van der Waals surface area contributed by atoms with Crippen molar-refractivity contribution in [3.8, 4) is 5.75 Å². The number of nitrogens with one attached hydrogen (secondary N) is 1. The van der Waals surface area contributed by atoms with Crippen LogP contribution < -0.4 is 5.32 Å². The number of hydrogen-bond donors (Lipinski definition) is 2. The molecule has 0 saturated heterocycles. The number of aromatic hydroxyl groups is 1. The monoisotopic (exact) mass is 287 g/mol. The molecule has 1 unspecified atom stereocenters. The lowest BCUT2D eigenvalue weighted by atomic mass is 9.77. The number of amides is 1. The quantitative estimate of drug-likeness (QED) is 0.911. The molecule has 1 aliphatic rings. The first kappa shape index (κ1) is 13.0. The maximum Gasteiger partial charge on any atom is 0.251 e. The highest BCUT2D eigenvalue weighted by atomic mass is 35.5. The summed E-state index contributed by atoms with van der Waals surface area (Å²) in [5.41, 5.74) is 3.14. The fourth-order valence-corrected chi connectivity index (χ4v) is 2.69. The summed E-state index contributed by atoms with van der Waals surface area (Å²) in [5.74, 6) is 0.204. The molecule has 2 aromatic rings. The number of rotatable bonds is 3. The summed E-state index contributed by atoms with van der Waals surface area (Å²) in [4.78, 5) is 12.0. The van der Waals surface area contributed by atoms with Gasteiger partial charge in [0.25, 0.3) is 5.91 Å². The van der Waals surface area contributed by atoms with Gasteiger partial charge in [0, 0.05) is 18.0 Å². The third-order valence-electron chi connectivity index (χ3n) is 3.68. The first-order valence-electron chi connectivity index (χ1n) is 6.49. The van der Waals surface area contributed by atoms with Gasteiger partial charge in [-0.3, -0.25) is 4.79 Å². The summed E-state index contributed by atoms with van der Waals surface area (Å²) in [7, 11) is 0. The van der Waals surface area contributed by atoms with E-state index in [9.17, 15) is 9.90 Å². The van der Waals surface area contributed by atoms with Gasteiger partial charge in [-0.15, -0.1) is 0 Å². The van der Waals surface area contributed by atoms with E-state index in [0.717, 1.165) is 6.42 Å². The van der Waals surface area contributed by atoms with Crippen LogP contribution in [-0.4, -0.2) is 17.6 Å². The average Bonchev–Trinajstić information content (AvgIpc) is 2.42. The molecule has 2 N–H and O–H groups in total. The van der Waals surface area contributed by atoms with Gasteiger partial charge in [0.2, 0.25) is 0 Å². The molecule has 0 aliphatic heterocycles. The molecule has 102 valence electrons. The molecule has 1 amide bonds. The molecule has 0 radical (unpaired) electrons. The van der Waals surface area contributed by atoms with Crippen LogP contribution in [0.5, 0.6) is 5.75 Å². The largest absolute Gasteiger partial charge is 0.506 e. The summed E-state index contributed by atoms with van der Waals surface area (Å²) in [6.45, 7) is 0.619. The predicted molar refractivity (Wildman–Crippen MR) is 78.3 cm³/mol. The van der Waals surface area contributed by atoms with Gasteiger partial charge in [0.05, 0.1) is 5.02 Å². The maximum absolute atomic E-state index is 12.0. The Hall–Kier alpha value is -2.00. The minimum Gasteiger partial charge on any atom is -0.506 e. The van der Waals surface area contributed by atoms with E-state index in [1.54, 1.807) is 6.07 Å². The fraction of sp³-hybridized carbons (Fsp3) is 0.188. The number of halogens is 1. The summed E-state index contributed by atoms with van der Waals surface area (Å²) in [5, 5.41) is 12.4. The lowest BCUT2D eigenvalue weighted by molar-refractivity contribution is 0.0950. The summed E-state index contributed by atoms with van der Waals surface area (Å²) < 4.78 is 0. The van der Waals surface area contributed by atoms with E-state index in [0.29, 0.717) is 18.0 Å². The van der Waals surface area contributed by atoms with Crippen molar-refractivity contribution >= 4 is 17.5 Å². The molecule has 0 saturated carbocycles. The van der Waals surface area contributed by atoms with Crippen LogP contribution in [0.3, 0.4) is 0 Å². The Bertz CT molecular complexity index is 669. The van der Waals surface area contributed by atoms with E-state index >= 15 is 0 Å². The molecular weight excluding hydrogens is 274 g/mol. The molecular formula is C16H14ClNO2. The van der Waals surface area contributed by atoms with E-state index in [2.05, 4.69) is 17.4 Å². The number of phenols is 1. The lowest BCUT2D eigenvalue weighted by Gasteiger charge is -2.30. The van der Waals surface area contributed by atoms with Gasteiger partial charge >= 0.3 is 0 Å². The molecule has 3 rings (SSSR count). The lowest BCUT2D eigenvalue weighted by Crippen LogP contribution is -2.33. The van der Waals surface area contributed by atoms with Crippen LogP contribution >= 0.6 is 11.6 Å². The van der Waals surface area contributed by atoms with Gasteiger partial charge in [0.15, 0.2) is 0 Å². The summed E-state index contributed by atoms with van der Waals surface area (Å²) >= 11 is 5.80. The molecule has 0 bridgehead atoms. The maximum atomic E-state index is 12.0. The van der Waals surface area contributed by atoms with Crippen LogP contribution in [0.1, 0.15) is 27.4 Å². The van der Waals surface area contributed by atoms with E-state index in [1.807, 2.05) is 12.1 Å². The van der Waals surface area contributed by atoms with E-state index in [-0.39, 0.29) is 16.7 Å². The van der Waals surface area contributed by atoms with E-state index in [4.69, 9.17) is 11.6 Å². The van der Waals surface area contributed by atoms with Crippen LogP contribution in [0.15, 0.2) is 42.5 Å². The highest BCUT2D eigenvalue weighted by Crippen LogP contribution is 2.34. The molecule has 4 heteroatoms. The molecule has 2 aromatic carbocycles. The van der Waals surface area contributed by atoms with Crippen LogP contribution in [0.4, 0.5) is 0 Å². The zero-order chi connectivity index (χ0) is 14.1. The molecule has 0 fully saturated rings. The second-order valence-electron chi connectivity index (χ2n) is 4.98. The Kier molecular flexibility index (Phi) is 3.36. The minimum absolute atomic E-state index is 0.0175. The molecule has 0 spiro atoms. The third kappa shape index (κ3) is 2.37. The highest BCUT2D eigenvalue weighted by Gasteiger charge is 2.25. The average molecular weight is 288 g/mol. The van der Waals surface area contributed by atoms with Gasteiger partial charge < -0.3 is 10.4 Å². The standard InChI is InChI=1S/C16H14ClNO2/c17-14-8-11(5-6-15(14)19)16(20)18-9-12-7-10-3-1-2-4-13(10)12/h1-6,8,12,19H,7,9H2,(H,18,20). The number of carbonyl (C=O) groups excluding carboxylic acids is 1. The smallest absolute Gasteiger partial charge is 0.251 e. The van der Waals surface area contributed by atoms with Gasteiger partial charge in [-0.25, -0.2) is 0 Å². The summed E-state index contributed by atoms with van der Waals surface area (Å²) in [6, 6.07) is 12.7. The van der Waals surface area contributed by atoms with Gasteiger partial charge in [0.1, 0.15) is 5.75 Å². The zero-order valence-electron chi connectivity index (χ0n) is 10.8. The molecule has 20 heavy (non-hydrogen) atoms. The topological polar surface area (TPSA) is 49.3 Å². The first-order chi connectivity index (χ1) is 9.65. The van der Waals surface area contributed by atoms with Crippen LogP contribution in [0.25, 0.3) is 0 Å². The first-order valence-corrected chi connectivity index (χ1v) is 6.87. The zero-order valence-corrected chi connectivity index (χ0v) is 11.5. The van der Waals surface area contributed by atoms with Gasteiger partial charge in [-0.1, -0.05) is 35.9 Å². The number of phenolic OH excluding ortho intramolecular Hbond substituents is 1. The van der Waals surface area contributed by atoms with Crippen molar-refractivity contribution in [3.05, 3.63) is 64.2 Å². The van der Waals surface area contributed by atoms with Gasteiger partial charge in [-0.05, 0) is 35.7 Å². The van der Waals surface area contributed by atoms with Crippen molar-refractivity contribution < 1.29 is 9.90 Å². The van der Waals surface area contributed by atoms with Crippen LogP contribution in [0.2, 0.25) is 5.02 Å². The predicted octanol–water partition coefficient (Wildman–Crippen LogP) is 3.12. The van der Waals surface area contributed by atoms with Gasteiger partial charge in [-0.2, -0.15) is 0 Å². The van der Waals surface area contributed by atoms with Crippen molar-refractivity contribution in [1.29, 1.82) is 0 Å². The fourth-order valence-electron chi connectivity index (χ4n) is 2.51. The van der Waals surface area contributed by atoms with Crippen molar-refractivity contribution in [3.63, 3.8) is 0 Å². The molecule has 0 aromatic heterocycles. The molecule has 0 heterocycles.